The molecule has 0 unspecified atom stereocenters. The number of carbonyl (C=O) groups excluding carboxylic acids is 2. The van der Waals surface area contributed by atoms with Crippen LogP contribution >= 0.6 is 11.6 Å². The molecular formula is C11H8ClN3O2. The van der Waals surface area contributed by atoms with E-state index in [0.717, 1.165) is 0 Å². The van der Waals surface area contributed by atoms with Crippen molar-refractivity contribution in [3.8, 4) is 0 Å². The van der Waals surface area contributed by atoms with E-state index >= 15 is 0 Å². The summed E-state index contributed by atoms with van der Waals surface area (Å²) < 4.78 is 0. The van der Waals surface area contributed by atoms with Gasteiger partial charge in [0.05, 0.1) is 5.69 Å². The minimum Gasteiger partial charge on any atom is -0.356 e. The maximum Gasteiger partial charge on any atom is 0.272 e. The molecule has 2 aromatic rings. The molecule has 0 aliphatic rings. The van der Waals surface area contributed by atoms with Crippen LogP contribution in [-0.2, 0) is 0 Å². The summed E-state index contributed by atoms with van der Waals surface area (Å²) in [5.74, 6) is -0.381. The maximum atomic E-state index is 11.8. The third-order valence-corrected chi connectivity index (χ3v) is 2.39. The molecule has 0 aliphatic carbocycles. The molecule has 0 atom stereocenters. The Morgan fingerprint density at radius 2 is 2.35 bits per heavy atom. The van der Waals surface area contributed by atoms with Gasteiger partial charge in [0.2, 0.25) is 0 Å². The molecule has 0 aromatic carbocycles. The fourth-order valence-electron chi connectivity index (χ4n) is 1.28. The second-order valence-electron chi connectivity index (χ2n) is 3.26. The van der Waals surface area contributed by atoms with Crippen LogP contribution in [0.15, 0.2) is 30.6 Å². The molecule has 0 saturated heterocycles. The molecule has 2 heterocycles. The number of amides is 1. The summed E-state index contributed by atoms with van der Waals surface area (Å²) in [6.07, 6.45) is 3.63. The lowest BCUT2D eigenvalue weighted by Gasteiger charge is -2.04. The molecular weight excluding hydrogens is 242 g/mol. The molecule has 2 N–H and O–H groups in total. The van der Waals surface area contributed by atoms with Gasteiger partial charge < -0.3 is 10.3 Å². The summed E-state index contributed by atoms with van der Waals surface area (Å²) in [7, 11) is 0. The first-order valence-electron chi connectivity index (χ1n) is 4.76. The van der Waals surface area contributed by atoms with E-state index in [4.69, 9.17) is 11.6 Å². The molecule has 2 aromatic heterocycles. The van der Waals surface area contributed by atoms with E-state index < -0.39 is 0 Å². The lowest BCUT2D eigenvalue weighted by atomic mass is 10.3. The van der Waals surface area contributed by atoms with Crippen molar-refractivity contribution in [2.75, 3.05) is 5.32 Å². The number of H-pyrrole nitrogens is 1. The van der Waals surface area contributed by atoms with Crippen LogP contribution in [0.1, 0.15) is 20.8 Å². The minimum absolute atomic E-state index is 0.211. The van der Waals surface area contributed by atoms with Crippen molar-refractivity contribution >= 4 is 29.5 Å². The van der Waals surface area contributed by atoms with E-state index in [0.29, 0.717) is 17.5 Å². The predicted octanol–water partition coefficient (Wildman–Crippen LogP) is 2.13. The highest BCUT2D eigenvalue weighted by Gasteiger charge is 2.10. The molecule has 1 amide bonds. The number of pyridine rings is 1. The lowest BCUT2D eigenvalue weighted by Crippen LogP contribution is -2.12. The molecule has 0 saturated carbocycles. The van der Waals surface area contributed by atoms with Gasteiger partial charge in [-0.3, -0.25) is 9.59 Å². The molecule has 0 bridgehead atoms. The normalized spacial score (nSPS) is 9.94. The van der Waals surface area contributed by atoms with Gasteiger partial charge >= 0.3 is 0 Å². The van der Waals surface area contributed by atoms with Gasteiger partial charge in [0.25, 0.3) is 5.91 Å². The number of aromatic nitrogens is 2. The van der Waals surface area contributed by atoms with Crippen LogP contribution in [0.4, 0.5) is 5.69 Å². The van der Waals surface area contributed by atoms with Crippen LogP contribution in [0.2, 0.25) is 5.15 Å². The van der Waals surface area contributed by atoms with Gasteiger partial charge in [0.1, 0.15) is 5.69 Å². The summed E-state index contributed by atoms with van der Waals surface area (Å²) in [5.41, 5.74) is 1.11. The summed E-state index contributed by atoms with van der Waals surface area (Å²) in [5, 5.41) is 2.79. The van der Waals surface area contributed by atoms with E-state index in [2.05, 4.69) is 15.3 Å². The van der Waals surface area contributed by atoms with Crippen molar-refractivity contribution in [1.29, 1.82) is 0 Å². The summed E-state index contributed by atoms with van der Waals surface area (Å²) in [4.78, 5) is 28.7. The Hall–Kier alpha value is -2.14. The number of rotatable bonds is 3. The lowest BCUT2D eigenvalue weighted by molar-refractivity contribution is 0.102. The Balaban J connectivity index is 2.17. The Labute approximate surface area is 102 Å². The van der Waals surface area contributed by atoms with Gasteiger partial charge in [-0.1, -0.05) is 11.6 Å². The van der Waals surface area contributed by atoms with Crippen molar-refractivity contribution in [3.63, 3.8) is 0 Å². The quantitative estimate of drug-likeness (QED) is 0.646. The van der Waals surface area contributed by atoms with E-state index in [9.17, 15) is 9.59 Å². The van der Waals surface area contributed by atoms with Crippen LogP contribution in [-0.4, -0.2) is 22.2 Å². The van der Waals surface area contributed by atoms with Gasteiger partial charge in [-0.15, -0.1) is 0 Å². The molecule has 0 aliphatic heterocycles. The second kappa shape index (κ2) is 4.80. The standard InChI is InChI=1S/C11H8ClN3O2/c12-10-8(2-1-3-13-10)15-11(17)9-4-7(6-16)5-14-9/h1-6,14H,(H,15,17). The van der Waals surface area contributed by atoms with Crippen molar-refractivity contribution in [3.05, 3.63) is 47.0 Å². The third kappa shape index (κ3) is 2.51. The number of hydrogen-bond acceptors (Lipinski definition) is 3. The number of nitrogens with zero attached hydrogens (tertiary/aromatic N) is 1. The van der Waals surface area contributed by atoms with Crippen molar-refractivity contribution in [2.24, 2.45) is 0 Å². The summed E-state index contributed by atoms with van der Waals surface area (Å²) >= 11 is 5.80. The highest BCUT2D eigenvalue weighted by atomic mass is 35.5. The summed E-state index contributed by atoms with van der Waals surface area (Å²) in [6, 6.07) is 4.75. The SMILES string of the molecule is O=Cc1c[nH]c(C(=O)Nc2cccnc2Cl)c1. The monoisotopic (exact) mass is 249 g/mol. The number of aromatic amines is 1. The fraction of sp³-hybridized carbons (Fsp3) is 0. The smallest absolute Gasteiger partial charge is 0.272 e. The van der Waals surface area contributed by atoms with Gasteiger partial charge in [-0.25, -0.2) is 4.98 Å². The largest absolute Gasteiger partial charge is 0.356 e. The fourth-order valence-corrected chi connectivity index (χ4v) is 1.45. The van der Waals surface area contributed by atoms with E-state index in [1.807, 2.05) is 0 Å². The Bertz CT molecular complexity index is 565. The molecule has 0 fully saturated rings. The van der Waals surface area contributed by atoms with Crippen molar-refractivity contribution < 1.29 is 9.59 Å². The maximum absolute atomic E-state index is 11.8. The van der Waals surface area contributed by atoms with Gasteiger partial charge in [0.15, 0.2) is 11.4 Å². The first-order chi connectivity index (χ1) is 8.20. The Kier molecular flexibility index (Phi) is 3.20. The van der Waals surface area contributed by atoms with Gasteiger partial charge in [-0.05, 0) is 18.2 Å². The molecule has 5 nitrogen and oxygen atoms in total. The van der Waals surface area contributed by atoms with Crippen LogP contribution in [0.5, 0.6) is 0 Å². The molecule has 2 rings (SSSR count). The zero-order valence-electron chi connectivity index (χ0n) is 8.61. The van der Waals surface area contributed by atoms with Gasteiger partial charge in [0, 0.05) is 18.0 Å². The molecule has 0 radical (unpaired) electrons. The number of halogens is 1. The van der Waals surface area contributed by atoms with Crippen LogP contribution in [0, 0.1) is 0 Å². The number of aldehydes is 1. The van der Waals surface area contributed by atoms with Crippen LogP contribution in [0.25, 0.3) is 0 Å². The zero-order valence-corrected chi connectivity index (χ0v) is 9.36. The number of nitrogens with one attached hydrogen (secondary N) is 2. The van der Waals surface area contributed by atoms with Crippen molar-refractivity contribution in [2.45, 2.75) is 0 Å². The molecule has 86 valence electrons. The highest BCUT2D eigenvalue weighted by Crippen LogP contribution is 2.18. The van der Waals surface area contributed by atoms with E-state index in [1.165, 1.54) is 18.5 Å². The zero-order chi connectivity index (χ0) is 12.3. The first kappa shape index (κ1) is 11.3. The average molecular weight is 250 g/mol. The minimum atomic E-state index is -0.381. The Morgan fingerprint density at radius 1 is 1.53 bits per heavy atom. The first-order valence-corrected chi connectivity index (χ1v) is 5.14. The molecule has 6 heteroatoms. The highest BCUT2D eigenvalue weighted by molar-refractivity contribution is 6.32. The molecule has 0 spiro atoms. The Morgan fingerprint density at radius 3 is 3.00 bits per heavy atom. The van der Waals surface area contributed by atoms with E-state index in [-0.39, 0.29) is 16.8 Å². The number of carbonyl (C=O) groups is 2. The second-order valence-corrected chi connectivity index (χ2v) is 3.62. The van der Waals surface area contributed by atoms with Gasteiger partial charge in [-0.2, -0.15) is 0 Å². The van der Waals surface area contributed by atoms with E-state index in [1.54, 1.807) is 12.1 Å². The molecule has 17 heavy (non-hydrogen) atoms. The third-order valence-electron chi connectivity index (χ3n) is 2.09. The van der Waals surface area contributed by atoms with Crippen LogP contribution < -0.4 is 5.32 Å². The topological polar surface area (TPSA) is 74.8 Å². The predicted molar refractivity (Wildman–Crippen MR) is 63.4 cm³/mol. The van der Waals surface area contributed by atoms with Crippen LogP contribution in [0.3, 0.4) is 0 Å². The summed E-state index contributed by atoms with van der Waals surface area (Å²) in [6.45, 7) is 0. The van der Waals surface area contributed by atoms with Crippen molar-refractivity contribution in [1.82, 2.24) is 9.97 Å². The number of anilines is 1. The average Bonchev–Trinajstić information content (AvgIpc) is 2.81. The number of hydrogen-bond donors (Lipinski definition) is 2.